The lowest BCUT2D eigenvalue weighted by Crippen LogP contribution is -2.36. The molecule has 0 saturated carbocycles. The number of aromatic amines is 1. The Morgan fingerprint density at radius 2 is 1.87 bits per heavy atom. The first-order chi connectivity index (χ1) is 15.3. The van der Waals surface area contributed by atoms with E-state index in [4.69, 9.17) is 9.72 Å². The number of hydrogen-bond donors (Lipinski definition) is 2. The van der Waals surface area contributed by atoms with Crippen LogP contribution in [-0.4, -0.2) is 50.9 Å². The van der Waals surface area contributed by atoms with Gasteiger partial charge in [-0.2, -0.15) is 0 Å². The number of fused-ring (bicyclic) bond motifs is 2. The molecule has 154 valence electrons. The van der Waals surface area contributed by atoms with Crippen molar-refractivity contribution in [3.05, 3.63) is 67.3 Å². The van der Waals surface area contributed by atoms with E-state index in [1.807, 2.05) is 16.8 Å². The molecule has 6 rings (SSSR count). The quantitative estimate of drug-likeness (QED) is 0.467. The van der Waals surface area contributed by atoms with Crippen LogP contribution in [0.25, 0.3) is 27.8 Å². The molecule has 1 aliphatic heterocycles. The Hall–Kier alpha value is -3.91. The van der Waals surface area contributed by atoms with Gasteiger partial charge in [0.2, 0.25) is 5.65 Å². The standard InChI is InChI=1S/C23H21N7O/c1-6-20-17(7-8-24-20)13-16(1)21-14-30-15-25-28-23(30)22(27-21)26-18-2-4-19(5-3-18)29-9-11-31-12-10-29/h1-8,13-15,24H,9-12H2,(H,26,27). The Bertz CT molecular complexity index is 1350. The van der Waals surface area contributed by atoms with Crippen LogP contribution in [0.5, 0.6) is 0 Å². The van der Waals surface area contributed by atoms with Crippen LogP contribution in [0.1, 0.15) is 0 Å². The highest BCUT2D eigenvalue weighted by atomic mass is 16.5. The molecule has 0 aliphatic carbocycles. The zero-order valence-corrected chi connectivity index (χ0v) is 16.8. The van der Waals surface area contributed by atoms with Crippen LogP contribution in [0.4, 0.5) is 17.2 Å². The minimum absolute atomic E-state index is 0.670. The van der Waals surface area contributed by atoms with Crippen LogP contribution in [0, 0.1) is 0 Å². The van der Waals surface area contributed by atoms with Crippen molar-refractivity contribution in [2.75, 3.05) is 36.5 Å². The van der Waals surface area contributed by atoms with Crippen molar-refractivity contribution in [3.63, 3.8) is 0 Å². The summed E-state index contributed by atoms with van der Waals surface area (Å²) in [6.45, 7) is 3.39. The van der Waals surface area contributed by atoms with Gasteiger partial charge in [0, 0.05) is 53.3 Å². The molecule has 31 heavy (non-hydrogen) atoms. The molecule has 8 heteroatoms. The number of rotatable bonds is 4. The van der Waals surface area contributed by atoms with Gasteiger partial charge in [0.15, 0.2) is 5.82 Å². The van der Waals surface area contributed by atoms with Crippen molar-refractivity contribution in [2.45, 2.75) is 0 Å². The lowest BCUT2D eigenvalue weighted by Gasteiger charge is -2.28. The van der Waals surface area contributed by atoms with E-state index in [9.17, 15) is 0 Å². The van der Waals surface area contributed by atoms with E-state index < -0.39 is 0 Å². The molecule has 5 aromatic rings. The summed E-state index contributed by atoms with van der Waals surface area (Å²) in [5.74, 6) is 0.670. The van der Waals surface area contributed by atoms with Crippen LogP contribution in [0.2, 0.25) is 0 Å². The second kappa shape index (κ2) is 7.41. The van der Waals surface area contributed by atoms with Crippen molar-refractivity contribution >= 4 is 33.7 Å². The first kappa shape index (κ1) is 17.9. The van der Waals surface area contributed by atoms with Gasteiger partial charge < -0.3 is 19.9 Å². The van der Waals surface area contributed by atoms with Gasteiger partial charge in [-0.1, -0.05) is 6.07 Å². The second-order valence-electron chi connectivity index (χ2n) is 7.59. The molecule has 0 radical (unpaired) electrons. The second-order valence-corrected chi connectivity index (χ2v) is 7.59. The van der Waals surface area contributed by atoms with Crippen LogP contribution < -0.4 is 10.2 Å². The number of hydrogen-bond acceptors (Lipinski definition) is 6. The first-order valence-corrected chi connectivity index (χ1v) is 10.3. The van der Waals surface area contributed by atoms with E-state index in [0.717, 1.165) is 54.2 Å². The number of aromatic nitrogens is 5. The number of nitrogens with zero attached hydrogens (tertiary/aromatic N) is 5. The van der Waals surface area contributed by atoms with E-state index >= 15 is 0 Å². The smallest absolute Gasteiger partial charge is 0.203 e. The molecule has 2 N–H and O–H groups in total. The summed E-state index contributed by atoms with van der Waals surface area (Å²) in [6, 6.07) is 16.7. The van der Waals surface area contributed by atoms with Gasteiger partial charge in [0.05, 0.1) is 18.9 Å². The molecule has 0 amide bonds. The van der Waals surface area contributed by atoms with E-state index in [0.29, 0.717) is 11.5 Å². The number of nitrogens with one attached hydrogen (secondary N) is 2. The van der Waals surface area contributed by atoms with E-state index in [-0.39, 0.29) is 0 Å². The summed E-state index contributed by atoms with van der Waals surface area (Å²) in [7, 11) is 0. The maximum absolute atomic E-state index is 5.44. The molecule has 3 aromatic heterocycles. The molecule has 8 nitrogen and oxygen atoms in total. The van der Waals surface area contributed by atoms with Gasteiger partial charge >= 0.3 is 0 Å². The fourth-order valence-corrected chi connectivity index (χ4v) is 3.99. The third kappa shape index (κ3) is 3.36. The van der Waals surface area contributed by atoms with Gasteiger partial charge in [-0.3, -0.25) is 4.40 Å². The molecule has 0 atom stereocenters. The minimum atomic E-state index is 0.670. The van der Waals surface area contributed by atoms with Crippen molar-refractivity contribution in [1.82, 2.24) is 24.6 Å². The average Bonchev–Trinajstić information content (AvgIpc) is 3.49. The third-order valence-corrected chi connectivity index (χ3v) is 5.63. The molecular formula is C23H21N7O. The number of H-pyrrole nitrogens is 1. The van der Waals surface area contributed by atoms with Crippen molar-refractivity contribution in [2.24, 2.45) is 0 Å². The SMILES string of the molecule is c1cc2cc(-c3cn4cnnc4c(Nc4ccc(N5CCOCC5)cc4)n3)ccc2[nH]1. The number of anilines is 3. The van der Waals surface area contributed by atoms with Crippen LogP contribution >= 0.6 is 0 Å². The van der Waals surface area contributed by atoms with Crippen LogP contribution in [-0.2, 0) is 4.74 Å². The largest absolute Gasteiger partial charge is 0.378 e. The third-order valence-electron chi connectivity index (χ3n) is 5.63. The molecule has 1 saturated heterocycles. The molecule has 0 spiro atoms. The van der Waals surface area contributed by atoms with Crippen molar-refractivity contribution in [3.8, 4) is 11.3 Å². The van der Waals surface area contributed by atoms with E-state index in [2.05, 4.69) is 73.9 Å². The molecule has 1 aliphatic rings. The number of morpholine rings is 1. The molecular weight excluding hydrogens is 390 g/mol. The molecule has 0 unspecified atom stereocenters. The predicted molar refractivity (Wildman–Crippen MR) is 121 cm³/mol. The topological polar surface area (TPSA) is 83.4 Å². The molecule has 1 fully saturated rings. The summed E-state index contributed by atoms with van der Waals surface area (Å²) >= 11 is 0. The Labute approximate surface area is 178 Å². The number of benzene rings is 2. The van der Waals surface area contributed by atoms with E-state index in [1.165, 1.54) is 5.69 Å². The normalized spacial score (nSPS) is 14.4. The van der Waals surface area contributed by atoms with Crippen LogP contribution in [0.15, 0.2) is 67.3 Å². The highest BCUT2D eigenvalue weighted by Crippen LogP contribution is 2.27. The highest BCUT2D eigenvalue weighted by Gasteiger charge is 2.13. The zero-order valence-electron chi connectivity index (χ0n) is 16.8. The Morgan fingerprint density at radius 1 is 1.00 bits per heavy atom. The summed E-state index contributed by atoms with van der Waals surface area (Å²) < 4.78 is 7.34. The van der Waals surface area contributed by atoms with Gasteiger partial charge in [-0.25, -0.2) is 4.98 Å². The summed E-state index contributed by atoms with van der Waals surface area (Å²) in [4.78, 5) is 10.4. The predicted octanol–water partition coefficient (Wildman–Crippen LogP) is 3.85. The van der Waals surface area contributed by atoms with Gasteiger partial charge in [-0.05, 0) is 42.5 Å². The molecule has 4 heterocycles. The lowest BCUT2D eigenvalue weighted by atomic mass is 10.1. The Balaban J connectivity index is 1.33. The average molecular weight is 411 g/mol. The summed E-state index contributed by atoms with van der Waals surface area (Å²) in [5, 5.41) is 12.9. The lowest BCUT2D eigenvalue weighted by molar-refractivity contribution is 0.122. The monoisotopic (exact) mass is 411 g/mol. The van der Waals surface area contributed by atoms with Gasteiger partial charge in [0.1, 0.15) is 6.33 Å². The Morgan fingerprint density at radius 3 is 2.74 bits per heavy atom. The van der Waals surface area contributed by atoms with Crippen molar-refractivity contribution in [1.29, 1.82) is 0 Å². The van der Waals surface area contributed by atoms with Crippen molar-refractivity contribution < 1.29 is 4.74 Å². The summed E-state index contributed by atoms with van der Waals surface area (Å²) in [5.41, 5.74) is 5.82. The Kier molecular flexibility index (Phi) is 4.28. The van der Waals surface area contributed by atoms with Gasteiger partial charge in [-0.15, -0.1) is 10.2 Å². The molecule has 2 aromatic carbocycles. The minimum Gasteiger partial charge on any atom is -0.378 e. The maximum Gasteiger partial charge on any atom is 0.203 e. The first-order valence-electron chi connectivity index (χ1n) is 10.3. The number of ether oxygens (including phenoxy) is 1. The van der Waals surface area contributed by atoms with Crippen LogP contribution in [0.3, 0.4) is 0 Å². The van der Waals surface area contributed by atoms with Gasteiger partial charge in [0.25, 0.3) is 0 Å². The van der Waals surface area contributed by atoms with E-state index in [1.54, 1.807) is 6.33 Å². The fourth-order valence-electron chi connectivity index (χ4n) is 3.99. The maximum atomic E-state index is 5.44. The highest BCUT2D eigenvalue weighted by molar-refractivity contribution is 5.85. The molecule has 0 bridgehead atoms. The summed E-state index contributed by atoms with van der Waals surface area (Å²) in [6.07, 6.45) is 5.59. The zero-order chi connectivity index (χ0) is 20.6. The fraction of sp³-hybridized carbons (Fsp3) is 0.174.